The highest BCUT2D eigenvalue weighted by atomic mass is 31.2. The summed E-state index contributed by atoms with van der Waals surface area (Å²) in [7, 11) is -4.10. The van der Waals surface area contributed by atoms with Crippen molar-refractivity contribution >= 4 is 26.9 Å². The Morgan fingerprint density at radius 1 is 0.306 bits per heavy atom. The largest absolute Gasteiger partial charge is 0.381 e. The molecule has 0 saturated heterocycles. The first kappa shape index (κ1) is 59.0. The van der Waals surface area contributed by atoms with Crippen LogP contribution >= 0.6 is 15.0 Å². The summed E-state index contributed by atoms with van der Waals surface area (Å²) < 4.78 is 14.1. The Hall–Kier alpha value is -0.980. The van der Waals surface area contributed by atoms with Crippen LogP contribution in [0.1, 0.15) is 293 Å². The standard InChI is InChI=1S/C56H106O4P2/c1-7-13-19-25-31-39-47-61(48-40-32-26-20-14-8-2,49-41-33-27-21-15-9-3)59-55(57)53-45-37-38-46-54(53)56(58)60-62(50-42-34-28-22-16-10-4,51-43-35-29-23-17-11-5)52-44-36-30-24-18-12-6/h37-38,45-46H,7-36,39-44,47-52H2,1-6H3/q+2. The fraction of sp³-hybridized carbons (Fsp3) is 0.857. The molecule has 0 saturated carbocycles. The molecule has 0 unspecified atom stereocenters. The van der Waals surface area contributed by atoms with E-state index in [0.29, 0.717) is 11.1 Å². The molecular formula is C56H106O4P2+2. The van der Waals surface area contributed by atoms with Crippen LogP contribution in [0.2, 0.25) is 0 Å². The van der Waals surface area contributed by atoms with Gasteiger partial charge in [-0.05, 0) is 89.2 Å². The van der Waals surface area contributed by atoms with Gasteiger partial charge in [-0.3, -0.25) is 0 Å². The lowest BCUT2D eigenvalue weighted by Crippen LogP contribution is -2.21. The van der Waals surface area contributed by atoms with Crippen LogP contribution in [0.3, 0.4) is 0 Å². The van der Waals surface area contributed by atoms with Crippen LogP contribution in [0.5, 0.6) is 0 Å². The molecule has 0 aliphatic rings. The van der Waals surface area contributed by atoms with E-state index in [4.69, 9.17) is 9.05 Å². The van der Waals surface area contributed by atoms with Crippen molar-refractivity contribution in [1.29, 1.82) is 0 Å². The molecule has 1 aromatic rings. The minimum absolute atomic E-state index is 0.263. The molecule has 0 aliphatic heterocycles. The Morgan fingerprint density at radius 3 is 0.677 bits per heavy atom. The Balaban J connectivity index is 3.49. The predicted octanol–water partition coefficient (Wildman–Crippen LogP) is 20.0. The zero-order valence-electron chi connectivity index (χ0n) is 42.5. The highest BCUT2D eigenvalue weighted by Crippen LogP contribution is 2.64. The maximum absolute atomic E-state index is 14.8. The SMILES string of the molecule is CCCCCCCC[P+](CCCCCCCC)(CCCCCCCC)OC(=O)c1ccccc1C(=O)O[P+](CCCCCCCC)(CCCCCCCC)CCCCCCCC. The zero-order valence-corrected chi connectivity index (χ0v) is 44.3. The molecule has 0 atom stereocenters. The highest BCUT2D eigenvalue weighted by molar-refractivity contribution is 7.72. The second-order valence-corrected chi connectivity index (χ2v) is 26.6. The van der Waals surface area contributed by atoms with E-state index in [2.05, 4.69) is 41.5 Å². The lowest BCUT2D eigenvalue weighted by atomic mass is 10.1. The van der Waals surface area contributed by atoms with Gasteiger partial charge in [-0.1, -0.05) is 208 Å². The first-order valence-corrected chi connectivity index (χ1v) is 32.2. The second kappa shape index (κ2) is 41.5. The van der Waals surface area contributed by atoms with Crippen LogP contribution in [-0.2, 0) is 9.05 Å². The first-order valence-electron chi connectivity index (χ1n) is 27.6. The molecule has 0 radical (unpaired) electrons. The van der Waals surface area contributed by atoms with E-state index in [9.17, 15) is 9.59 Å². The van der Waals surface area contributed by atoms with Crippen LogP contribution < -0.4 is 0 Å². The first-order chi connectivity index (χ1) is 30.4. The van der Waals surface area contributed by atoms with Crippen LogP contribution in [-0.4, -0.2) is 48.9 Å². The average Bonchev–Trinajstić information content (AvgIpc) is 3.28. The number of hydrogen-bond donors (Lipinski definition) is 0. The maximum Gasteiger partial charge on any atom is 0.381 e. The van der Waals surface area contributed by atoms with Gasteiger partial charge in [0, 0.05) is 0 Å². The van der Waals surface area contributed by atoms with Crippen molar-refractivity contribution < 1.29 is 18.6 Å². The topological polar surface area (TPSA) is 52.6 Å². The van der Waals surface area contributed by atoms with Crippen LogP contribution in [0.15, 0.2) is 24.3 Å². The molecule has 0 fully saturated rings. The Bertz CT molecular complexity index is 1000. The molecule has 1 aromatic carbocycles. The molecule has 0 aromatic heterocycles. The molecule has 362 valence electrons. The molecule has 4 nitrogen and oxygen atoms in total. The van der Waals surface area contributed by atoms with Gasteiger partial charge in [-0.25, -0.2) is 9.59 Å². The predicted molar refractivity (Wildman–Crippen MR) is 281 cm³/mol. The summed E-state index contributed by atoms with van der Waals surface area (Å²) in [5, 5.41) is 0. The quantitative estimate of drug-likeness (QED) is 0.0483. The Morgan fingerprint density at radius 2 is 0.484 bits per heavy atom. The van der Waals surface area contributed by atoms with Gasteiger partial charge in [0.05, 0.1) is 48.1 Å². The molecule has 0 amide bonds. The summed E-state index contributed by atoms with van der Waals surface area (Å²) in [5.41, 5.74) is 0.875. The number of carbonyl (C=O) groups excluding carboxylic acids is 2. The van der Waals surface area contributed by atoms with Crippen LogP contribution in [0.4, 0.5) is 0 Å². The fourth-order valence-electron chi connectivity index (χ4n) is 9.32. The van der Waals surface area contributed by atoms with Crippen molar-refractivity contribution in [3.05, 3.63) is 35.4 Å². The van der Waals surface area contributed by atoms with Crippen molar-refractivity contribution in [3.63, 3.8) is 0 Å². The van der Waals surface area contributed by atoms with Gasteiger partial charge in [0.25, 0.3) is 0 Å². The van der Waals surface area contributed by atoms with E-state index in [0.717, 1.165) is 75.5 Å². The number of rotatable bonds is 46. The fourth-order valence-corrected chi connectivity index (χ4v) is 16.9. The molecule has 62 heavy (non-hydrogen) atoms. The summed E-state index contributed by atoms with van der Waals surface area (Å²) in [4.78, 5) is 29.5. The Kier molecular flexibility index (Phi) is 39.5. The monoisotopic (exact) mass is 905 g/mol. The van der Waals surface area contributed by atoms with Gasteiger partial charge >= 0.3 is 11.9 Å². The summed E-state index contributed by atoms with van der Waals surface area (Å²) in [5.74, 6) is -0.527. The van der Waals surface area contributed by atoms with Crippen molar-refractivity contribution in [2.75, 3.05) is 37.0 Å². The minimum atomic E-state index is -2.05. The van der Waals surface area contributed by atoms with Gasteiger partial charge in [0.15, 0.2) is 15.0 Å². The van der Waals surface area contributed by atoms with Crippen molar-refractivity contribution in [3.8, 4) is 0 Å². The molecule has 0 heterocycles. The summed E-state index contributed by atoms with van der Waals surface area (Å²) >= 11 is 0. The lowest BCUT2D eigenvalue weighted by Gasteiger charge is -2.27. The molecule has 0 spiro atoms. The van der Waals surface area contributed by atoms with E-state index >= 15 is 0 Å². The van der Waals surface area contributed by atoms with Gasteiger partial charge in [-0.15, -0.1) is 0 Å². The maximum atomic E-state index is 14.8. The highest BCUT2D eigenvalue weighted by Gasteiger charge is 2.45. The average molecular weight is 905 g/mol. The number of benzene rings is 1. The van der Waals surface area contributed by atoms with E-state index in [1.807, 2.05) is 24.3 Å². The van der Waals surface area contributed by atoms with Gasteiger partial charge in [0.1, 0.15) is 0 Å². The van der Waals surface area contributed by atoms with Crippen LogP contribution in [0, 0.1) is 0 Å². The molecule has 0 N–H and O–H groups in total. The zero-order chi connectivity index (χ0) is 45.3. The van der Waals surface area contributed by atoms with Gasteiger partial charge < -0.3 is 9.05 Å². The van der Waals surface area contributed by atoms with E-state index < -0.39 is 15.0 Å². The third kappa shape index (κ3) is 29.5. The second-order valence-electron chi connectivity index (χ2n) is 19.4. The van der Waals surface area contributed by atoms with Gasteiger partial charge in [-0.2, -0.15) is 0 Å². The summed E-state index contributed by atoms with van der Waals surface area (Å²) in [6.07, 6.45) is 51.1. The summed E-state index contributed by atoms with van der Waals surface area (Å²) in [6.45, 7) is 13.7. The number of carbonyl (C=O) groups is 2. The smallest absolute Gasteiger partial charge is 0.308 e. The van der Waals surface area contributed by atoms with E-state index in [1.54, 1.807) is 0 Å². The summed E-state index contributed by atoms with van der Waals surface area (Å²) in [6, 6.07) is 7.58. The van der Waals surface area contributed by atoms with Gasteiger partial charge in [0.2, 0.25) is 0 Å². The number of hydrogen-bond acceptors (Lipinski definition) is 4. The van der Waals surface area contributed by atoms with E-state index in [1.165, 1.54) is 193 Å². The molecular weight excluding hydrogens is 799 g/mol. The van der Waals surface area contributed by atoms with Crippen molar-refractivity contribution in [2.24, 2.45) is 0 Å². The Labute approximate surface area is 389 Å². The van der Waals surface area contributed by atoms with E-state index in [-0.39, 0.29) is 11.9 Å². The van der Waals surface area contributed by atoms with Crippen molar-refractivity contribution in [1.82, 2.24) is 0 Å². The third-order valence-corrected chi connectivity index (χ3v) is 21.3. The van der Waals surface area contributed by atoms with Crippen LogP contribution in [0.25, 0.3) is 0 Å². The molecule has 1 rings (SSSR count). The molecule has 0 aliphatic carbocycles. The lowest BCUT2D eigenvalue weighted by molar-refractivity contribution is 0.0703. The van der Waals surface area contributed by atoms with Crippen molar-refractivity contribution in [2.45, 2.75) is 273 Å². The normalized spacial score (nSPS) is 12.0. The number of unbranched alkanes of at least 4 members (excludes halogenated alkanes) is 30. The third-order valence-electron chi connectivity index (χ3n) is 13.4. The minimum Gasteiger partial charge on any atom is -0.308 e. The molecule has 6 heteroatoms. The molecule has 0 bridgehead atoms.